The molecule has 0 amide bonds. The summed E-state index contributed by atoms with van der Waals surface area (Å²) in [5.74, 6) is 1.10. The molecule has 1 aliphatic heterocycles. The molecule has 0 saturated heterocycles. The van der Waals surface area contributed by atoms with E-state index in [-0.39, 0.29) is 23.8 Å². The van der Waals surface area contributed by atoms with Gasteiger partial charge in [-0.2, -0.15) is 0 Å². The Kier molecular flexibility index (Phi) is 7.20. The van der Waals surface area contributed by atoms with Crippen LogP contribution in [0, 0.1) is 5.92 Å². The van der Waals surface area contributed by atoms with E-state index < -0.39 is 0 Å². The number of anilines is 1. The molecule has 1 heterocycles. The highest BCUT2D eigenvalue weighted by Crippen LogP contribution is 2.54. The number of allylic oxidation sites excluding steroid dienone is 2. The SMILES string of the molecule is COC(=O)c1ccc(Cl)c2c1[C@@H]1C=CC[C@@H]1[C@H](c1cc(Br)c(OCc3ccc(Cl)cc3)c(OC)c1)N2. The molecule has 0 fully saturated rings. The summed E-state index contributed by atoms with van der Waals surface area (Å²) in [6.45, 7) is 0.376. The van der Waals surface area contributed by atoms with Crippen LogP contribution in [0.3, 0.4) is 0 Å². The molecular weight excluding hydrogens is 565 g/mol. The molecule has 0 radical (unpaired) electrons. The highest BCUT2D eigenvalue weighted by molar-refractivity contribution is 9.10. The van der Waals surface area contributed by atoms with Gasteiger partial charge in [0.25, 0.3) is 0 Å². The minimum Gasteiger partial charge on any atom is -0.493 e. The minimum atomic E-state index is -0.367. The average Bonchev–Trinajstić information content (AvgIpc) is 3.38. The van der Waals surface area contributed by atoms with Crippen molar-refractivity contribution in [2.45, 2.75) is 25.0 Å². The zero-order valence-electron chi connectivity index (χ0n) is 19.7. The van der Waals surface area contributed by atoms with Crippen LogP contribution in [-0.2, 0) is 11.3 Å². The van der Waals surface area contributed by atoms with Gasteiger partial charge in [-0.1, -0.05) is 47.5 Å². The summed E-state index contributed by atoms with van der Waals surface area (Å²) in [7, 11) is 3.02. The fourth-order valence-electron chi connectivity index (χ4n) is 5.09. The zero-order valence-corrected chi connectivity index (χ0v) is 22.8. The molecule has 3 atom stereocenters. The van der Waals surface area contributed by atoms with Crippen LogP contribution < -0.4 is 14.8 Å². The Bertz CT molecular complexity index is 1340. The number of methoxy groups -OCH3 is 2. The molecule has 1 N–H and O–H groups in total. The maximum absolute atomic E-state index is 12.5. The fourth-order valence-corrected chi connectivity index (χ4v) is 6.01. The first kappa shape index (κ1) is 25.0. The van der Waals surface area contributed by atoms with E-state index in [2.05, 4.69) is 39.5 Å². The predicted octanol–water partition coefficient (Wildman–Crippen LogP) is 7.96. The molecule has 0 aromatic heterocycles. The van der Waals surface area contributed by atoms with Crippen LogP contribution in [0.5, 0.6) is 11.5 Å². The number of halogens is 3. The van der Waals surface area contributed by atoms with Crippen LogP contribution in [0.1, 0.15) is 45.4 Å². The normalized spacial score (nSPS) is 19.8. The third-order valence-electron chi connectivity index (χ3n) is 6.78. The fraction of sp³-hybridized carbons (Fsp3) is 0.250. The van der Waals surface area contributed by atoms with Crippen LogP contribution in [-0.4, -0.2) is 20.2 Å². The Balaban J connectivity index is 1.49. The van der Waals surface area contributed by atoms with Crippen molar-refractivity contribution in [1.29, 1.82) is 0 Å². The van der Waals surface area contributed by atoms with E-state index in [9.17, 15) is 4.79 Å². The van der Waals surface area contributed by atoms with Gasteiger partial charge in [0, 0.05) is 10.9 Å². The molecule has 36 heavy (non-hydrogen) atoms. The van der Waals surface area contributed by atoms with E-state index in [0.29, 0.717) is 33.7 Å². The van der Waals surface area contributed by atoms with E-state index in [0.717, 1.165) is 33.3 Å². The van der Waals surface area contributed by atoms with Crippen molar-refractivity contribution >= 4 is 50.8 Å². The van der Waals surface area contributed by atoms with Crippen LogP contribution in [0.15, 0.2) is 65.2 Å². The Hall–Kier alpha value is -2.67. The van der Waals surface area contributed by atoms with Crippen molar-refractivity contribution in [1.82, 2.24) is 0 Å². The maximum Gasteiger partial charge on any atom is 0.338 e. The van der Waals surface area contributed by atoms with Gasteiger partial charge in [-0.25, -0.2) is 4.79 Å². The van der Waals surface area contributed by atoms with Crippen LogP contribution >= 0.6 is 39.1 Å². The van der Waals surface area contributed by atoms with Crippen molar-refractivity contribution in [3.63, 3.8) is 0 Å². The number of fused-ring (bicyclic) bond motifs is 3. The Morgan fingerprint density at radius 3 is 2.61 bits per heavy atom. The Morgan fingerprint density at radius 1 is 1.11 bits per heavy atom. The number of hydrogen-bond donors (Lipinski definition) is 1. The first-order chi connectivity index (χ1) is 17.4. The quantitative estimate of drug-likeness (QED) is 0.234. The second-order valence-corrected chi connectivity index (χ2v) is 10.5. The summed E-state index contributed by atoms with van der Waals surface area (Å²) >= 11 is 16.3. The lowest BCUT2D eigenvalue weighted by Crippen LogP contribution is -2.31. The van der Waals surface area contributed by atoms with Crippen molar-refractivity contribution in [2.75, 3.05) is 19.5 Å². The first-order valence-corrected chi connectivity index (χ1v) is 13.0. The average molecular weight is 589 g/mol. The second-order valence-electron chi connectivity index (χ2n) is 8.80. The number of nitrogens with one attached hydrogen (secondary N) is 1. The number of esters is 1. The van der Waals surface area contributed by atoms with E-state index in [4.69, 9.17) is 37.4 Å². The van der Waals surface area contributed by atoms with Crippen LogP contribution in [0.4, 0.5) is 5.69 Å². The van der Waals surface area contributed by atoms with Gasteiger partial charge < -0.3 is 19.5 Å². The molecule has 8 heteroatoms. The van der Waals surface area contributed by atoms with Gasteiger partial charge in [0.2, 0.25) is 0 Å². The summed E-state index contributed by atoms with van der Waals surface area (Å²) in [5, 5.41) is 4.87. The third kappa shape index (κ3) is 4.58. The molecule has 0 saturated carbocycles. The summed E-state index contributed by atoms with van der Waals surface area (Å²) in [6.07, 6.45) is 5.19. The van der Waals surface area contributed by atoms with Gasteiger partial charge >= 0.3 is 5.97 Å². The van der Waals surface area contributed by atoms with Crippen molar-refractivity contribution in [3.8, 4) is 11.5 Å². The standard InChI is InChI=1S/C28H24BrCl2NO4/c1-34-23-13-16(12-21(29)27(23)36-14-15-6-8-17(30)9-7-15)25-19-5-3-4-18(19)24-20(28(33)35-2)10-11-22(31)26(24)32-25/h3-4,6-13,18-19,25,32H,5,14H2,1-2H3/t18-,19+,25+/m1/s1. The maximum atomic E-state index is 12.5. The molecule has 3 aromatic rings. The van der Waals surface area contributed by atoms with Crippen LogP contribution in [0.2, 0.25) is 10.0 Å². The molecule has 2 aliphatic rings. The van der Waals surface area contributed by atoms with Gasteiger partial charge in [0.15, 0.2) is 11.5 Å². The van der Waals surface area contributed by atoms with Gasteiger partial charge in [-0.05, 0) is 81.4 Å². The number of carbonyl (C=O) groups is 1. The molecule has 186 valence electrons. The Morgan fingerprint density at radius 2 is 1.89 bits per heavy atom. The van der Waals surface area contributed by atoms with Gasteiger partial charge in [-0.3, -0.25) is 0 Å². The van der Waals surface area contributed by atoms with E-state index in [1.54, 1.807) is 19.2 Å². The third-order valence-corrected chi connectivity index (χ3v) is 7.94. The van der Waals surface area contributed by atoms with Gasteiger partial charge in [0.05, 0.1) is 41.0 Å². The van der Waals surface area contributed by atoms with Gasteiger partial charge in [-0.15, -0.1) is 0 Å². The summed E-state index contributed by atoms with van der Waals surface area (Å²) in [6, 6.07) is 15.0. The molecule has 5 rings (SSSR count). The van der Waals surface area contributed by atoms with E-state index in [1.807, 2.05) is 30.3 Å². The molecular formula is C28H24BrCl2NO4. The van der Waals surface area contributed by atoms with E-state index in [1.165, 1.54) is 7.11 Å². The summed E-state index contributed by atoms with van der Waals surface area (Å²) < 4.78 is 17.7. The number of benzene rings is 3. The largest absolute Gasteiger partial charge is 0.493 e. The monoisotopic (exact) mass is 587 g/mol. The summed E-state index contributed by atoms with van der Waals surface area (Å²) in [5.41, 5.74) is 4.21. The molecule has 0 bridgehead atoms. The molecule has 3 aromatic carbocycles. The number of hydrogen-bond acceptors (Lipinski definition) is 5. The van der Waals surface area contributed by atoms with Crippen molar-refractivity contribution in [3.05, 3.63) is 97.5 Å². The van der Waals surface area contributed by atoms with E-state index >= 15 is 0 Å². The molecule has 0 spiro atoms. The first-order valence-electron chi connectivity index (χ1n) is 11.5. The van der Waals surface area contributed by atoms with Crippen LogP contribution in [0.25, 0.3) is 0 Å². The lowest BCUT2D eigenvalue weighted by molar-refractivity contribution is 0.0598. The number of carbonyl (C=O) groups excluding carboxylic acids is 1. The highest BCUT2D eigenvalue weighted by Gasteiger charge is 2.41. The predicted molar refractivity (Wildman–Crippen MR) is 146 cm³/mol. The minimum absolute atomic E-state index is 0.0321. The lowest BCUT2D eigenvalue weighted by Gasteiger charge is -2.39. The smallest absolute Gasteiger partial charge is 0.338 e. The molecule has 5 nitrogen and oxygen atoms in total. The molecule has 1 aliphatic carbocycles. The van der Waals surface area contributed by atoms with Gasteiger partial charge in [0.1, 0.15) is 6.61 Å². The van der Waals surface area contributed by atoms with Crippen molar-refractivity contribution in [2.24, 2.45) is 5.92 Å². The second kappa shape index (κ2) is 10.4. The Labute approximate surface area is 228 Å². The molecule has 0 unspecified atom stereocenters. The topological polar surface area (TPSA) is 56.8 Å². The number of rotatable bonds is 6. The highest BCUT2D eigenvalue weighted by atomic mass is 79.9. The summed E-state index contributed by atoms with van der Waals surface area (Å²) in [4.78, 5) is 12.5. The number of ether oxygens (including phenoxy) is 3. The van der Waals surface area contributed by atoms with Crippen molar-refractivity contribution < 1.29 is 19.0 Å². The zero-order chi connectivity index (χ0) is 25.4. The lowest BCUT2D eigenvalue weighted by atomic mass is 9.75.